The molecule has 0 aliphatic heterocycles. The summed E-state index contributed by atoms with van der Waals surface area (Å²) in [5, 5.41) is 6.79. The Morgan fingerprint density at radius 3 is 2.32 bits per heavy atom. The van der Waals surface area contributed by atoms with Gasteiger partial charge in [0.25, 0.3) is 0 Å². The van der Waals surface area contributed by atoms with Crippen molar-refractivity contribution in [1.82, 2.24) is 0 Å². The zero-order valence-corrected chi connectivity index (χ0v) is 11.6. The molecule has 98 valence electrons. The van der Waals surface area contributed by atoms with Crippen LogP contribution in [0.3, 0.4) is 0 Å². The SMILES string of the molecule is CC(=O)Nc1ccccc1Nc1cccc(Cl)c1C. The number of benzene rings is 2. The normalized spacial score (nSPS) is 10.1. The molecule has 0 saturated carbocycles. The van der Waals surface area contributed by atoms with Gasteiger partial charge in [0.1, 0.15) is 0 Å². The lowest BCUT2D eigenvalue weighted by atomic mass is 10.2. The minimum absolute atomic E-state index is 0.0999. The van der Waals surface area contributed by atoms with Crippen molar-refractivity contribution < 1.29 is 4.79 Å². The summed E-state index contributed by atoms with van der Waals surface area (Å²) in [6.45, 7) is 3.44. The largest absolute Gasteiger partial charge is 0.354 e. The van der Waals surface area contributed by atoms with Crippen LogP contribution in [0.5, 0.6) is 0 Å². The van der Waals surface area contributed by atoms with Crippen LogP contribution in [0.1, 0.15) is 12.5 Å². The van der Waals surface area contributed by atoms with E-state index >= 15 is 0 Å². The second-order valence-corrected chi connectivity index (χ2v) is 4.67. The lowest BCUT2D eigenvalue weighted by Crippen LogP contribution is -2.08. The standard InChI is InChI=1S/C15H15ClN2O/c1-10-12(16)6-5-9-13(10)18-15-8-4-3-7-14(15)17-11(2)19/h3-9,18H,1-2H3,(H,17,19). The predicted octanol–water partition coefficient (Wildman–Crippen LogP) is 4.35. The molecule has 0 fully saturated rings. The van der Waals surface area contributed by atoms with Gasteiger partial charge >= 0.3 is 0 Å². The van der Waals surface area contributed by atoms with E-state index in [1.807, 2.05) is 49.4 Å². The molecule has 19 heavy (non-hydrogen) atoms. The molecule has 2 rings (SSSR count). The fraction of sp³-hybridized carbons (Fsp3) is 0.133. The van der Waals surface area contributed by atoms with Crippen LogP contribution in [0.25, 0.3) is 0 Å². The summed E-state index contributed by atoms with van der Waals surface area (Å²) in [7, 11) is 0. The molecule has 2 aromatic rings. The molecule has 0 unspecified atom stereocenters. The third-order valence-corrected chi connectivity index (χ3v) is 3.18. The first-order valence-electron chi connectivity index (χ1n) is 5.96. The number of hydrogen-bond donors (Lipinski definition) is 2. The van der Waals surface area contributed by atoms with Crippen LogP contribution in [0, 0.1) is 6.92 Å². The highest BCUT2D eigenvalue weighted by atomic mass is 35.5. The Bertz CT molecular complexity index is 611. The summed E-state index contributed by atoms with van der Waals surface area (Å²) in [5.74, 6) is -0.0999. The second kappa shape index (κ2) is 5.76. The van der Waals surface area contributed by atoms with Gasteiger partial charge in [0.15, 0.2) is 0 Å². The van der Waals surface area contributed by atoms with Gasteiger partial charge < -0.3 is 10.6 Å². The van der Waals surface area contributed by atoms with E-state index < -0.39 is 0 Å². The third-order valence-electron chi connectivity index (χ3n) is 2.77. The lowest BCUT2D eigenvalue weighted by Gasteiger charge is -2.14. The van der Waals surface area contributed by atoms with E-state index in [2.05, 4.69) is 10.6 Å². The summed E-state index contributed by atoms with van der Waals surface area (Å²) in [6.07, 6.45) is 0. The summed E-state index contributed by atoms with van der Waals surface area (Å²) in [6, 6.07) is 13.2. The highest BCUT2D eigenvalue weighted by Crippen LogP contribution is 2.29. The Morgan fingerprint density at radius 2 is 1.63 bits per heavy atom. The number of nitrogens with one attached hydrogen (secondary N) is 2. The van der Waals surface area contributed by atoms with Crippen LogP contribution in [-0.4, -0.2) is 5.91 Å². The summed E-state index contributed by atoms with van der Waals surface area (Å²) in [5.41, 5.74) is 3.48. The molecule has 4 heteroatoms. The number of hydrogen-bond acceptors (Lipinski definition) is 2. The predicted molar refractivity (Wildman–Crippen MR) is 80.2 cm³/mol. The van der Waals surface area contributed by atoms with E-state index in [0.29, 0.717) is 5.02 Å². The van der Waals surface area contributed by atoms with Gasteiger partial charge in [-0.05, 0) is 36.8 Å². The molecule has 0 bridgehead atoms. The number of amides is 1. The van der Waals surface area contributed by atoms with Crippen molar-refractivity contribution in [3.05, 3.63) is 53.1 Å². The molecule has 0 aliphatic carbocycles. The van der Waals surface area contributed by atoms with Gasteiger partial charge in [-0.1, -0.05) is 29.8 Å². The Hall–Kier alpha value is -2.00. The summed E-state index contributed by atoms with van der Waals surface area (Å²) >= 11 is 6.09. The van der Waals surface area contributed by atoms with Gasteiger partial charge in [-0.2, -0.15) is 0 Å². The van der Waals surface area contributed by atoms with Crippen LogP contribution in [-0.2, 0) is 4.79 Å². The topological polar surface area (TPSA) is 41.1 Å². The smallest absolute Gasteiger partial charge is 0.221 e. The Labute approximate surface area is 117 Å². The van der Waals surface area contributed by atoms with Crippen molar-refractivity contribution in [1.29, 1.82) is 0 Å². The molecule has 3 nitrogen and oxygen atoms in total. The van der Waals surface area contributed by atoms with E-state index in [-0.39, 0.29) is 5.91 Å². The van der Waals surface area contributed by atoms with Crippen LogP contribution in [0.2, 0.25) is 5.02 Å². The van der Waals surface area contributed by atoms with Crippen LogP contribution in [0.15, 0.2) is 42.5 Å². The fourth-order valence-corrected chi connectivity index (χ4v) is 1.95. The molecule has 0 heterocycles. The van der Waals surface area contributed by atoms with Gasteiger partial charge in [0, 0.05) is 17.6 Å². The van der Waals surface area contributed by atoms with Crippen molar-refractivity contribution in [2.24, 2.45) is 0 Å². The molecular weight excluding hydrogens is 260 g/mol. The average Bonchev–Trinajstić information content (AvgIpc) is 2.36. The van der Waals surface area contributed by atoms with E-state index in [9.17, 15) is 4.79 Å². The molecule has 2 aromatic carbocycles. The van der Waals surface area contributed by atoms with Crippen LogP contribution < -0.4 is 10.6 Å². The molecule has 0 radical (unpaired) electrons. The molecule has 0 spiro atoms. The third kappa shape index (κ3) is 3.26. The first-order chi connectivity index (χ1) is 9.08. The maximum atomic E-state index is 11.2. The van der Waals surface area contributed by atoms with Gasteiger partial charge in [-0.3, -0.25) is 4.79 Å². The first kappa shape index (κ1) is 13.4. The lowest BCUT2D eigenvalue weighted by molar-refractivity contribution is -0.114. The number of carbonyl (C=O) groups excluding carboxylic acids is 1. The molecule has 0 atom stereocenters. The first-order valence-corrected chi connectivity index (χ1v) is 6.34. The highest BCUT2D eigenvalue weighted by molar-refractivity contribution is 6.31. The molecule has 0 aromatic heterocycles. The van der Waals surface area contributed by atoms with Crippen LogP contribution >= 0.6 is 11.6 Å². The number of halogens is 1. The highest BCUT2D eigenvalue weighted by Gasteiger charge is 2.06. The van der Waals surface area contributed by atoms with Gasteiger partial charge in [-0.25, -0.2) is 0 Å². The molecule has 0 aliphatic rings. The van der Waals surface area contributed by atoms with Gasteiger partial charge in [0.2, 0.25) is 5.91 Å². The fourth-order valence-electron chi connectivity index (χ4n) is 1.78. The second-order valence-electron chi connectivity index (χ2n) is 4.26. The van der Waals surface area contributed by atoms with Gasteiger partial charge in [0.05, 0.1) is 11.4 Å². The van der Waals surface area contributed by atoms with Crippen molar-refractivity contribution >= 4 is 34.6 Å². The van der Waals surface area contributed by atoms with E-state index in [4.69, 9.17) is 11.6 Å². The Kier molecular flexibility index (Phi) is 4.07. The number of carbonyl (C=O) groups is 1. The quantitative estimate of drug-likeness (QED) is 0.874. The number of anilines is 3. The zero-order chi connectivity index (χ0) is 13.8. The Balaban J connectivity index is 2.33. The minimum atomic E-state index is -0.0999. The number of rotatable bonds is 3. The molecule has 2 N–H and O–H groups in total. The van der Waals surface area contributed by atoms with Crippen molar-refractivity contribution in [2.45, 2.75) is 13.8 Å². The van der Waals surface area contributed by atoms with Gasteiger partial charge in [-0.15, -0.1) is 0 Å². The molecule has 1 amide bonds. The van der Waals surface area contributed by atoms with Crippen molar-refractivity contribution in [3.63, 3.8) is 0 Å². The molecular formula is C15H15ClN2O. The summed E-state index contributed by atoms with van der Waals surface area (Å²) < 4.78 is 0. The van der Waals surface area contributed by atoms with Crippen molar-refractivity contribution in [3.8, 4) is 0 Å². The van der Waals surface area contributed by atoms with Crippen molar-refractivity contribution in [2.75, 3.05) is 10.6 Å². The van der Waals surface area contributed by atoms with E-state index in [1.165, 1.54) is 6.92 Å². The van der Waals surface area contributed by atoms with E-state index in [0.717, 1.165) is 22.6 Å². The monoisotopic (exact) mass is 274 g/mol. The minimum Gasteiger partial charge on any atom is -0.354 e. The number of para-hydroxylation sites is 2. The average molecular weight is 275 g/mol. The maximum Gasteiger partial charge on any atom is 0.221 e. The zero-order valence-electron chi connectivity index (χ0n) is 10.8. The summed E-state index contributed by atoms with van der Waals surface area (Å²) in [4.78, 5) is 11.2. The Morgan fingerprint density at radius 1 is 1.00 bits per heavy atom. The maximum absolute atomic E-state index is 11.2. The van der Waals surface area contributed by atoms with Crippen LogP contribution in [0.4, 0.5) is 17.1 Å². The molecule has 0 saturated heterocycles. The van der Waals surface area contributed by atoms with E-state index in [1.54, 1.807) is 0 Å².